The van der Waals surface area contributed by atoms with E-state index in [9.17, 15) is 0 Å². The minimum atomic E-state index is 0.642. The van der Waals surface area contributed by atoms with E-state index in [1.807, 2.05) is 36.4 Å². The Hall–Kier alpha value is -6.95. The average molecular weight is 712 g/mol. The molecule has 11 rings (SSSR count). The molecular formula is C48H30ClN5. The minimum Gasteiger partial charge on any atom is -0.354 e. The maximum atomic E-state index is 6.62. The molecule has 0 fully saturated rings. The summed E-state index contributed by atoms with van der Waals surface area (Å²) >= 11 is 6.62. The van der Waals surface area contributed by atoms with Gasteiger partial charge in [-0.25, -0.2) is 9.97 Å². The fraction of sp³-hybridized carbons (Fsp3) is 0. The highest BCUT2D eigenvalue weighted by atomic mass is 35.5. The first-order valence-corrected chi connectivity index (χ1v) is 18.4. The molecule has 0 bridgehead atoms. The van der Waals surface area contributed by atoms with Gasteiger partial charge >= 0.3 is 0 Å². The molecule has 0 atom stereocenters. The smallest absolute Gasteiger partial charge is 0.235 e. The summed E-state index contributed by atoms with van der Waals surface area (Å²) in [7, 11) is 0. The number of aromatic nitrogens is 4. The summed E-state index contributed by atoms with van der Waals surface area (Å²) in [5.74, 6) is 0.642. The molecule has 0 aliphatic heterocycles. The quantitative estimate of drug-likeness (QED) is 0.193. The number of anilines is 2. The van der Waals surface area contributed by atoms with Crippen molar-refractivity contribution in [3.63, 3.8) is 0 Å². The zero-order chi connectivity index (χ0) is 35.8. The number of nitrogens with one attached hydrogen (secondary N) is 1. The molecule has 3 heterocycles. The van der Waals surface area contributed by atoms with Crippen LogP contribution in [0, 0.1) is 0 Å². The van der Waals surface area contributed by atoms with Crippen LogP contribution in [0.15, 0.2) is 176 Å². The number of para-hydroxylation sites is 4. The monoisotopic (exact) mass is 711 g/mol. The first kappa shape index (κ1) is 30.7. The van der Waals surface area contributed by atoms with Gasteiger partial charge in [-0.3, -0.25) is 4.57 Å². The number of hydrogen-bond donors (Lipinski definition) is 1. The van der Waals surface area contributed by atoms with Crippen molar-refractivity contribution in [2.45, 2.75) is 0 Å². The first-order valence-electron chi connectivity index (χ1n) is 18.0. The van der Waals surface area contributed by atoms with Crippen LogP contribution in [0.5, 0.6) is 0 Å². The summed E-state index contributed by atoms with van der Waals surface area (Å²) < 4.78 is 4.61. The maximum absolute atomic E-state index is 6.62. The van der Waals surface area contributed by atoms with E-state index in [1.54, 1.807) is 0 Å². The fourth-order valence-electron chi connectivity index (χ4n) is 8.23. The van der Waals surface area contributed by atoms with Gasteiger partial charge in [-0.15, -0.1) is 0 Å². The third kappa shape index (κ3) is 4.65. The van der Waals surface area contributed by atoms with Crippen LogP contribution in [0.2, 0.25) is 5.02 Å². The molecule has 254 valence electrons. The third-order valence-corrected chi connectivity index (χ3v) is 10.9. The van der Waals surface area contributed by atoms with Crippen LogP contribution in [-0.2, 0) is 0 Å². The van der Waals surface area contributed by atoms with E-state index in [0.29, 0.717) is 11.0 Å². The highest BCUT2D eigenvalue weighted by Gasteiger charge is 2.22. The van der Waals surface area contributed by atoms with Gasteiger partial charge in [0.1, 0.15) is 0 Å². The van der Waals surface area contributed by atoms with Crippen LogP contribution in [0.3, 0.4) is 0 Å². The van der Waals surface area contributed by atoms with E-state index in [2.05, 4.69) is 154 Å². The van der Waals surface area contributed by atoms with Crippen molar-refractivity contribution < 1.29 is 0 Å². The number of fused-ring (bicyclic) bond motifs is 10. The Morgan fingerprint density at radius 3 is 1.91 bits per heavy atom. The van der Waals surface area contributed by atoms with Gasteiger partial charge in [-0.1, -0.05) is 121 Å². The third-order valence-electron chi connectivity index (χ3n) is 10.6. The molecule has 0 radical (unpaired) electrons. The van der Waals surface area contributed by atoms with Crippen LogP contribution in [0.4, 0.5) is 11.4 Å². The topological polar surface area (TPSA) is 47.7 Å². The summed E-state index contributed by atoms with van der Waals surface area (Å²) in [5, 5.41) is 12.3. The predicted octanol–water partition coefficient (Wildman–Crippen LogP) is 13.0. The van der Waals surface area contributed by atoms with E-state index < -0.39 is 0 Å². The zero-order valence-electron chi connectivity index (χ0n) is 28.9. The summed E-state index contributed by atoms with van der Waals surface area (Å²) in [6, 6.07) is 61.4. The molecular weight excluding hydrogens is 682 g/mol. The molecule has 0 amide bonds. The van der Waals surface area contributed by atoms with Crippen molar-refractivity contribution in [3.05, 3.63) is 181 Å². The van der Waals surface area contributed by atoms with Crippen molar-refractivity contribution in [1.82, 2.24) is 19.1 Å². The molecule has 0 saturated heterocycles. The van der Waals surface area contributed by atoms with Crippen molar-refractivity contribution in [3.8, 4) is 22.9 Å². The Morgan fingerprint density at radius 1 is 0.463 bits per heavy atom. The molecule has 0 spiro atoms. The average Bonchev–Trinajstić information content (AvgIpc) is 3.75. The van der Waals surface area contributed by atoms with Gasteiger partial charge in [-0.2, -0.15) is 0 Å². The molecule has 8 aromatic carbocycles. The van der Waals surface area contributed by atoms with Gasteiger partial charge in [0.2, 0.25) is 5.95 Å². The summed E-state index contributed by atoms with van der Waals surface area (Å²) in [4.78, 5) is 10.6. The minimum absolute atomic E-state index is 0.642. The molecule has 11 aromatic rings. The number of rotatable bonds is 5. The van der Waals surface area contributed by atoms with E-state index in [0.717, 1.165) is 72.1 Å². The Balaban J connectivity index is 1.27. The highest BCUT2D eigenvalue weighted by Crippen LogP contribution is 2.44. The first-order chi connectivity index (χ1) is 26.7. The van der Waals surface area contributed by atoms with E-state index >= 15 is 0 Å². The molecule has 3 aromatic heterocycles. The number of benzene rings is 8. The molecule has 1 N–H and O–H groups in total. The Bertz CT molecular complexity index is 3260. The second-order valence-electron chi connectivity index (χ2n) is 13.6. The lowest BCUT2D eigenvalue weighted by Gasteiger charge is -2.12. The van der Waals surface area contributed by atoms with E-state index in [1.165, 1.54) is 21.5 Å². The zero-order valence-corrected chi connectivity index (χ0v) is 29.7. The van der Waals surface area contributed by atoms with Gasteiger partial charge in [0.15, 0.2) is 0 Å². The predicted molar refractivity (Wildman–Crippen MR) is 226 cm³/mol. The summed E-state index contributed by atoms with van der Waals surface area (Å²) in [6.07, 6.45) is 0. The molecule has 54 heavy (non-hydrogen) atoms. The van der Waals surface area contributed by atoms with Gasteiger partial charge in [0, 0.05) is 49.3 Å². The van der Waals surface area contributed by atoms with Crippen molar-refractivity contribution in [2.75, 3.05) is 5.32 Å². The fourth-order valence-corrected chi connectivity index (χ4v) is 8.41. The SMILES string of the molecule is Clc1ccccc1Nc1ccc2c(c1)c1c3c(ccc1n2-c1ccccc1)ccc1c3c2ccccc2n1-c1nc(-c2ccccc2)c2ccccc2n1. The van der Waals surface area contributed by atoms with Crippen molar-refractivity contribution in [2.24, 2.45) is 0 Å². The second kappa shape index (κ2) is 12.1. The molecule has 0 aliphatic rings. The number of nitrogens with zero attached hydrogens (tertiary/aromatic N) is 4. The Labute approximate surface area is 315 Å². The Kier molecular flexibility index (Phi) is 6.84. The normalized spacial score (nSPS) is 11.8. The van der Waals surface area contributed by atoms with Crippen LogP contribution >= 0.6 is 11.6 Å². The maximum Gasteiger partial charge on any atom is 0.235 e. The van der Waals surface area contributed by atoms with E-state index in [-0.39, 0.29) is 0 Å². The summed E-state index contributed by atoms with van der Waals surface area (Å²) in [6.45, 7) is 0. The lowest BCUT2D eigenvalue weighted by Crippen LogP contribution is -2.03. The van der Waals surface area contributed by atoms with Crippen LogP contribution < -0.4 is 5.32 Å². The standard InChI is InChI=1S/C48H30ClN5/c49-37-19-9-11-21-39(37)50-32-25-28-41-36(29-32)46-42(53(41)33-15-5-2-6-16-33)26-23-30-24-27-43-45(44(30)46)35-18-8-12-22-40(35)54(43)48-51-38-20-10-7-17-34(38)47(52-48)31-13-3-1-4-14-31/h1-29,50H. The Morgan fingerprint density at radius 2 is 1.09 bits per heavy atom. The van der Waals surface area contributed by atoms with Crippen molar-refractivity contribution >= 4 is 88.3 Å². The number of hydrogen-bond acceptors (Lipinski definition) is 3. The van der Waals surface area contributed by atoms with Crippen LogP contribution in [0.1, 0.15) is 0 Å². The van der Waals surface area contributed by atoms with Gasteiger partial charge < -0.3 is 9.88 Å². The largest absolute Gasteiger partial charge is 0.354 e. The van der Waals surface area contributed by atoms with Crippen LogP contribution in [-0.4, -0.2) is 19.1 Å². The lowest BCUT2D eigenvalue weighted by atomic mass is 9.98. The molecule has 6 heteroatoms. The number of halogens is 1. The van der Waals surface area contributed by atoms with Gasteiger partial charge in [0.25, 0.3) is 0 Å². The molecule has 0 aliphatic carbocycles. The summed E-state index contributed by atoms with van der Waals surface area (Å²) in [5.41, 5.74) is 10.2. The van der Waals surface area contributed by atoms with Gasteiger partial charge in [-0.05, 0) is 72.1 Å². The molecule has 0 saturated carbocycles. The molecule has 0 unspecified atom stereocenters. The molecule has 5 nitrogen and oxygen atoms in total. The second-order valence-corrected chi connectivity index (χ2v) is 14.0. The van der Waals surface area contributed by atoms with Crippen molar-refractivity contribution in [1.29, 1.82) is 0 Å². The lowest BCUT2D eigenvalue weighted by molar-refractivity contribution is 1.01. The highest BCUT2D eigenvalue weighted by molar-refractivity contribution is 6.34. The van der Waals surface area contributed by atoms with Gasteiger partial charge in [0.05, 0.1) is 44.0 Å². The van der Waals surface area contributed by atoms with Crippen LogP contribution in [0.25, 0.3) is 88.2 Å². The van der Waals surface area contributed by atoms with E-state index in [4.69, 9.17) is 21.6 Å².